The largest absolute Gasteiger partial charge is 0.320 e. The maximum Gasteiger partial charge on any atom is 0.305 e. The van der Waals surface area contributed by atoms with E-state index in [4.69, 9.17) is 11.6 Å². The fraction of sp³-hybridized carbons (Fsp3) is 0.231. The first-order chi connectivity index (χ1) is 8.88. The molecule has 19 heavy (non-hydrogen) atoms. The van der Waals surface area contributed by atoms with Crippen molar-refractivity contribution in [2.45, 2.75) is 20.8 Å². The fourth-order valence-electron chi connectivity index (χ4n) is 1.87. The monoisotopic (exact) mass is 296 g/mol. The molecule has 1 aromatic heterocycles. The first-order valence-corrected chi connectivity index (χ1v) is 6.85. The number of aromatic amines is 1. The summed E-state index contributed by atoms with van der Waals surface area (Å²) in [5.74, 6) is -0.324. The van der Waals surface area contributed by atoms with Crippen LogP contribution in [0.15, 0.2) is 16.9 Å². The molecule has 0 atom stereocenters. The number of carbonyl (C=O) groups is 1. The maximum atomic E-state index is 12.1. The third-order valence-corrected chi connectivity index (χ3v) is 3.98. The summed E-state index contributed by atoms with van der Waals surface area (Å²) in [4.78, 5) is 26.0. The van der Waals surface area contributed by atoms with E-state index in [1.807, 2.05) is 19.9 Å². The topological polar surface area (TPSA) is 62.0 Å². The van der Waals surface area contributed by atoms with Crippen LogP contribution in [-0.4, -0.2) is 10.9 Å². The maximum absolute atomic E-state index is 12.1. The molecular formula is C13H13ClN2O2S. The van der Waals surface area contributed by atoms with Crippen LogP contribution >= 0.6 is 22.9 Å². The van der Waals surface area contributed by atoms with Gasteiger partial charge in [-0.1, -0.05) is 29.0 Å². The Labute approximate surface area is 119 Å². The molecule has 1 amide bonds. The molecule has 100 valence electrons. The third-order valence-electron chi connectivity index (χ3n) is 2.70. The SMILES string of the molecule is Cc1cc(C)c(NC(=O)c2sc(=O)[nH]c2C)c(Cl)c1. The highest BCUT2D eigenvalue weighted by Crippen LogP contribution is 2.28. The van der Waals surface area contributed by atoms with E-state index in [9.17, 15) is 9.59 Å². The molecule has 2 N–H and O–H groups in total. The van der Waals surface area contributed by atoms with Crippen LogP contribution in [-0.2, 0) is 0 Å². The summed E-state index contributed by atoms with van der Waals surface area (Å²) in [6.45, 7) is 5.50. The minimum absolute atomic E-state index is 0.241. The Morgan fingerprint density at radius 3 is 2.53 bits per heavy atom. The highest BCUT2D eigenvalue weighted by atomic mass is 35.5. The molecule has 6 heteroatoms. The van der Waals surface area contributed by atoms with Gasteiger partial charge in [-0.05, 0) is 38.0 Å². The van der Waals surface area contributed by atoms with Crippen molar-refractivity contribution in [3.8, 4) is 0 Å². The number of thiazole rings is 1. The van der Waals surface area contributed by atoms with Crippen LogP contribution in [0.5, 0.6) is 0 Å². The van der Waals surface area contributed by atoms with Gasteiger partial charge in [0.2, 0.25) is 0 Å². The lowest BCUT2D eigenvalue weighted by atomic mass is 10.1. The summed E-state index contributed by atoms with van der Waals surface area (Å²) in [6.07, 6.45) is 0. The Kier molecular flexibility index (Phi) is 3.78. The van der Waals surface area contributed by atoms with Crippen molar-refractivity contribution in [3.05, 3.63) is 48.5 Å². The van der Waals surface area contributed by atoms with Crippen LogP contribution in [0, 0.1) is 20.8 Å². The summed E-state index contributed by atoms with van der Waals surface area (Å²) < 4.78 is 0. The molecule has 0 radical (unpaired) electrons. The van der Waals surface area contributed by atoms with Gasteiger partial charge < -0.3 is 10.3 Å². The van der Waals surface area contributed by atoms with E-state index in [-0.39, 0.29) is 10.8 Å². The normalized spacial score (nSPS) is 10.5. The summed E-state index contributed by atoms with van der Waals surface area (Å²) in [7, 11) is 0. The number of nitrogens with one attached hydrogen (secondary N) is 2. The number of rotatable bonds is 2. The van der Waals surface area contributed by atoms with Crippen LogP contribution in [0.2, 0.25) is 5.02 Å². The third kappa shape index (κ3) is 2.88. The quantitative estimate of drug-likeness (QED) is 0.893. The molecule has 0 unspecified atom stereocenters. The molecule has 0 bridgehead atoms. The zero-order valence-corrected chi connectivity index (χ0v) is 12.3. The lowest BCUT2D eigenvalue weighted by Gasteiger charge is -2.11. The lowest BCUT2D eigenvalue weighted by Crippen LogP contribution is -2.13. The lowest BCUT2D eigenvalue weighted by molar-refractivity contribution is 0.102. The molecular weight excluding hydrogens is 284 g/mol. The predicted octanol–water partition coefficient (Wildman–Crippen LogP) is 3.27. The summed E-state index contributed by atoms with van der Waals surface area (Å²) in [5.41, 5.74) is 3.06. The van der Waals surface area contributed by atoms with Gasteiger partial charge in [0.05, 0.1) is 10.7 Å². The predicted molar refractivity (Wildman–Crippen MR) is 78.6 cm³/mol. The van der Waals surface area contributed by atoms with Crippen molar-refractivity contribution < 1.29 is 4.79 Å². The number of halogens is 1. The van der Waals surface area contributed by atoms with Gasteiger partial charge in [0.15, 0.2) is 0 Å². The molecule has 2 aromatic rings. The van der Waals surface area contributed by atoms with Crippen molar-refractivity contribution >= 4 is 34.5 Å². The molecule has 0 saturated carbocycles. The van der Waals surface area contributed by atoms with Crippen LogP contribution in [0.4, 0.5) is 5.69 Å². The van der Waals surface area contributed by atoms with Gasteiger partial charge in [-0.15, -0.1) is 0 Å². The summed E-state index contributed by atoms with van der Waals surface area (Å²) in [5, 5.41) is 3.25. The molecule has 0 aliphatic rings. The van der Waals surface area contributed by atoms with Crippen molar-refractivity contribution in [2.75, 3.05) is 5.32 Å². The molecule has 2 rings (SSSR count). The van der Waals surface area contributed by atoms with E-state index in [0.29, 0.717) is 21.3 Å². The van der Waals surface area contributed by atoms with Gasteiger partial charge in [0, 0.05) is 5.69 Å². The zero-order valence-electron chi connectivity index (χ0n) is 10.8. The number of carbonyl (C=O) groups excluding carboxylic acids is 1. The van der Waals surface area contributed by atoms with E-state index in [1.165, 1.54) is 0 Å². The molecule has 0 saturated heterocycles. The summed E-state index contributed by atoms with van der Waals surface area (Å²) in [6, 6.07) is 3.73. The number of hydrogen-bond acceptors (Lipinski definition) is 3. The number of aromatic nitrogens is 1. The van der Waals surface area contributed by atoms with E-state index < -0.39 is 0 Å². The number of benzene rings is 1. The second-order valence-corrected chi connectivity index (χ2v) is 5.75. The van der Waals surface area contributed by atoms with Crippen LogP contribution in [0.1, 0.15) is 26.5 Å². The van der Waals surface area contributed by atoms with Crippen molar-refractivity contribution in [1.29, 1.82) is 0 Å². The van der Waals surface area contributed by atoms with Gasteiger partial charge in [0.1, 0.15) is 4.88 Å². The molecule has 1 aromatic carbocycles. The van der Waals surface area contributed by atoms with Crippen molar-refractivity contribution in [3.63, 3.8) is 0 Å². The standard InChI is InChI=1S/C13H13ClN2O2S/c1-6-4-7(2)10(9(14)5-6)16-12(17)11-8(3)15-13(18)19-11/h4-5H,1-3H3,(H,15,18)(H,16,17). The van der Waals surface area contributed by atoms with E-state index in [0.717, 1.165) is 22.5 Å². The highest BCUT2D eigenvalue weighted by molar-refractivity contribution is 7.11. The Morgan fingerprint density at radius 2 is 2.00 bits per heavy atom. The van der Waals surface area contributed by atoms with Gasteiger partial charge in [-0.25, -0.2) is 0 Å². The van der Waals surface area contributed by atoms with Crippen molar-refractivity contribution in [1.82, 2.24) is 4.98 Å². The fourth-order valence-corrected chi connectivity index (χ4v) is 2.97. The average Bonchev–Trinajstić information content (AvgIpc) is 2.62. The Bertz CT molecular complexity index is 680. The van der Waals surface area contributed by atoms with Crippen LogP contribution in [0.25, 0.3) is 0 Å². The van der Waals surface area contributed by atoms with E-state index >= 15 is 0 Å². The van der Waals surface area contributed by atoms with Crippen molar-refractivity contribution in [2.24, 2.45) is 0 Å². The molecule has 1 heterocycles. The molecule has 0 aliphatic heterocycles. The number of hydrogen-bond donors (Lipinski definition) is 2. The van der Waals surface area contributed by atoms with Gasteiger partial charge in [-0.2, -0.15) is 0 Å². The minimum atomic E-state index is -0.324. The zero-order chi connectivity index (χ0) is 14.2. The minimum Gasteiger partial charge on any atom is -0.320 e. The average molecular weight is 297 g/mol. The van der Waals surface area contributed by atoms with Gasteiger partial charge in [0.25, 0.3) is 5.91 Å². The molecule has 0 spiro atoms. The Balaban J connectivity index is 2.34. The molecule has 0 aliphatic carbocycles. The molecule has 0 fully saturated rings. The number of anilines is 1. The second-order valence-electron chi connectivity index (χ2n) is 4.36. The number of amides is 1. The van der Waals surface area contributed by atoms with Gasteiger partial charge >= 0.3 is 4.87 Å². The highest BCUT2D eigenvalue weighted by Gasteiger charge is 2.16. The molecule has 4 nitrogen and oxygen atoms in total. The van der Waals surface area contributed by atoms with E-state index in [2.05, 4.69) is 10.3 Å². The van der Waals surface area contributed by atoms with Crippen LogP contribution < -0.4 is 10.2 Å². The first-order valence-electron chi connectivity index (χ1n) is 5.66. The Hall–Kier alpha value is -1.59. The second kappa shape index (κ2) is 5.19. The first kappa shape index (κ1) is 13.8. The number of aryl methyl sites for hydroxylation is 3. The van der Waals surface area contributed by atoms with Crippen LogP contribution in [0.3, 0.4) is 0 Å². The van der Waals surface area contributed by atoms with E-state index in [1.54, 1.807) is 13.0 Å². The smallest absolute Gasteiger partial charge is 0.305 e. The summed E-state index contributed by atoms with van der Waals surface area (Å²) >= 11 is 7.02. The number of H-pyrrole nitrogens is 1. The van der Waals surface area contributed by atoms with Gasteiger partial charge in [-0.3, -0.25) is 9.59 Å². The Morgan fingerprint density at radius 1 is 1.32 bits per heavy atom.